The summed E-state index contributed by atoms with van der Waals surface area (Å²) in [4.78, 5) is 6.58. The van der Waals surface area contributed by atoms with Crippen LogP contribution in [0.4, 0.5) is 0 Å². The van der Waals surface area contributed by atoms with Crippen molar-refractivity contribution >= 4 is 45.0 Å². The Kier molecular flexibility index (Phi) is 3.17. The van der Waals surface area contributed by atoms with Gasteiger partial charge < -0.3 is 9.97 Å². The Morgan fingerprint density at radius 3 is 1.68 bits per heavy atom. The molecule has 0 aliphatic rings. The van der Waals surface area contributed by atoms with Gasteiger partial charge in [-0.3, -0.25) is 0 Å². The summed E-state index contributed by atoms with van der Waals surface area (Å²) in [6.07, 6.45) is 4.09. The van der Waals surface area contributed by atoms with Gasteiger partial charge in [0.1, 0.15) is 0 Å². The minimum atomic E-state index is 0.236. The largest absolute Gasteiger partial charge is 0.360 e. The molecule has 0 atom stereocenters. The number of aromatic amines is 2. The quantitative estimate of drug-likeness (QED) is 0.445. The van der Waals surface area contributed by atoms with Crippen molar-refractivity contribution in [2.24, 2.45) is 0 Å². The molecule has 2 heterocycles. The highest BCUT2D eigenvalue weighted by molar-refractivity contribution is 6.35. The molecule has 4 rings (SSSR count). The summed E-state index contributed by atoms with van der Waals surface area (Å²) in [6, 6.07) is 12.0. The summed E-state index contributed by atoms with van der Waals surface area (Å²) in [6.45, 7) is 2.20. The lowest BCUT2D eigenvalue weighted by Crippen LogP contribution is -1.93. The van der Waals surface area contributed by atoms with Gasteiger partial charge in [0.25, 0.3) is 0 Å². The summed E-state index contributed by atoms with van der Waals surface area (Å²) in [5.41, 5.74) is 4.45. The number of hydrogen-bond acceptors (Lipinski definition) is 0. The molecular weight excluding hydrogens is 315 g/mol. The minimum absolute atomic E-state index is 0.236. The van der Waals surface area contributed by atoms with Gasteiger partial charge in [-0.2, -0.15) is 0 Å². The van der Waals surface area contributed by atoms with Crippen LogP contribution in [0.25, 0.3) is 21.8 Å². The molecule has 4 heteroatoms. The van der Waals surface area contributed by atoms with Gasteiger partial charge in [-0.25, -0.2) is 0 Å². The maximum atomic E-state index is 6.26. The maximum absolute atomic E-state index is 6.26. The van der Waals surface area contributed by atoms with Gasteiger partial charge in [-0.05, 0) is 23.3 Å². The highest BCUT2D eigenvalue weighted by Gasteiger charge is 2.18. The van der Waals surface area contributed by atoms with Crippen molar-refractivity contribution in [1.82, 2.24) is 9.97 Å². The van der Waals surface area contributed by atoms with Crippen molar-refractivity contribution in [2.45, 2.75) is 12.8 Å². The van der Waals surface area contributed by atoms with Crippen LogP contribution in [0.3, 0.4) is 0 Å². The number of aromatic nitrogens is 2. The fraction of sp³-hybridized carbons (Fsp3) is 0.111. The first-order valence-corrected chi connectivity index (χ1v) is 7.93. The number of fused-ring (bicyclic) bond motifs is 2. The summed E-state index contributed by atoms with van der Waals surface area (Å²) in [5.74, 6) is 0.236. The second-order valence-electron chi connectivity index (χ2n) is 5.53. The second-order valence-corrected chi connectivity index (χ2v) is 6.35. The third-order valence-electron chi connectivity index (χ3n) is 4.33. The molecule has 0 saturated carbocycles. The molecule has 0 aliphatic carbocycles. The van der Waals surface area contributed by atoms with E-state index in [-0.39, 0.29) is 5.92 Å². The molecule has 22 heavy (non-hydrogen) atoms. The van der Waals surface area contributed by atoms with Crippen LogP contribution in [0.5, 0.6) is 0 Å². The van der Waals surface area contributed by atoms with E-state index < -0.39 is 0 Å². The van der Waals surface area contributed by atoms with E-state index in [9.17, 15) is 0 Å². The van der Waals surface area contributed by atoms with Crippen LogP contribution in [0.15, 0.2) is 48.8 Å². The van der Waals surface area contributed by atoms with Gasteiger partial charge in [0.05, 0.1) is 21.1 Å². The predicted octanol–water partition coefficient (Wildman–Crippen LogP) is 6.11. The zero-order valence-electron chi connectivity index (χ0n) is 12.0. The lowest BCUT2D eigenvalue weighted by Gasteiger charge is -2.10. The Hall–Kier alpha value is -1.90. The van der Waals surface area contributed by atoms with Crippen molar-refractivity contribution in [2.75, 3.05) is 0 Å². The molecule has 0 unspecified atom stereocenters. The molecule has 2 N–H and O–H groups in total. The van der Waals surface area contributed by atoms with Gasteiger partial charge >= 0.3 is 0 Å². The molecule has 2 aromatic carbocycles. The number of rotatable bonds is 2. The number of halogens is 2. The summed E-state index contributed by atoms with van der Waals surface area (Å²) >= 11 is 12.5. The lowest BCUT2D eigenvalue weighted by molar-refractivity contribution is 0.942. The summed E-state index contributed by atoms with van der Waals surface area (Å²) < 4.78 is 0. The SMILES string of the molecule is CC(c1c[nH]c2c(Cl)cccc12)c1c[nH]c2c(Cl)cccc12. The molecule has 4 aromatic rings. The third kappa shape index (κ3) is 1.95. The fourth-order valence-electron chi connectivity index (χ4n) is 3.16. The highest BCUT2D eigenvalue weighted by atomic mass is 35.5. The van der Waals surface area contributed by atoms with E-state index in [1.807, 2.05) is 36.7 Å². The average Bonchev–Trinajstić information content (AvgIpc) is 3.12. The average molecular weight is 329 g/mol. The third-order valence-corrected chi connectivity index (χ3v) is 4.96. The topological polar surface area (TPSA) is 31.6 Å². The number of hydrogen-bond donors (Lipinski definition) is 2. The molecule has 0 amide bonds. The van der Waals surface area contributed by atoms with E-state index in [0.717, 1.165) is 31.9 Å². The van der Waals surface area contributed by atoms with Gasteiger partial charge in [0.15, 0.2) is 0 Å². The standard InChI is InChI=1S/C18H14Cl2N2/c1-10(13-8-21-17-11(13)4-2-6-15(17)19)14-9-22-18-12(14)5-3-7-16(18)20/h2-10,21-22H,1H3. The Morgan fingerprint density at radius 2 is 1.23 bits per heavy atom. The maximum Gasteiger partial charge on any atom is 0.0647 e. The first-order valence-electron chi connectivity index (χ1n) is 7.18. The number of para-hydroxylation sites is 2. The molecule has 0 saturated heterocycles. The highest BCUT2D eigenvalue weighted by Crippen LogP contribution is 2.37. The van der Waals surface area contributed by atoms with Gasteiger partial charge in [0, 0.05) is 29.1 Å². The summed E-state index contributed by atoms with van der Waals surface area (Å²) in [7, 11) is 0. The van der Waals surface area contributed by atoms with Crippen LogP contribution in [0.2, 0.25) is 10.0 Å². The van der Waals surface area contributed by atoms with E-state index in [1.165, 1.54) is 11.1 Å². The zero-order valence-corrected chi connectivity index (χ0v) is 13.5. The predicted molar refractivity (Wildman–Crippen MR) is 94.1 cm³/mol. The van der Waals surface area contributed by atoms with E-state index >= 15 is 0 Å². The Labute approximate surface area is 138 Å². The van der Waals surface area contributed by atoms with Crippen LogP contribution >= 0.6 is 23.2 Å². The molecule has 110 valence electrons. The smallest absolute Gasteiger partial charge is 0.0647 e. The van der Waals surface area contributed by atoms with Gasteiger partial charge in [-0.1, -0.05) is 54.4 Å². The van der Waals surface area contributed by atoms with E-state index in [4.69, 9.17) is 23.2 Å². The zero-order chi connectivity index (χ0) is 15.3. The fourth-order valence-corrected chi connectivity index (χ4v) is 3.62. The van der Waals surface area contributed by atoms with Crippen molar-refractivity contribution < 1.29 is 0 Å². The Morgan fingerprint density at radius 1 is 0.773 bits per heavy atom. The van der Waals surface area contributed by atoms with Crippen LogP contribution in [-0.4, -0.2) is 9.97 Å². The van der Waals surface area contributed by atoms with Crippen molar-refractivity contribution in [1.29, 1.82) is 0 Å². The number of benzene rings is 2. The van der Waals surface area contributed by atoms with Crippen molar-refractivity contribution in [3.8, 4) is 0 Å². The van der Waals surface area contributed by atoms with Crippen LogP contribution < -0.4 is 0 Å². The molecule has 0 spiro atoms. The number of nitrogens with one attached hydrogen (secondary N) is 2. The normalized spacial score (nSPS) is 11.8. The summed E-state index contributed by atoms with van der Waals surface area (Å²) in [5, 5.41) is 3.82. The van der Waals surface area contributed by atoms with E-state index in [1.54, 1.807) is 0 Å². The van der Waals surface area contributed by atoms with Gasteiger partial charge in [0.2, 0.25) is 0 Å². The Balaban J connectivity index is 1.91. The second kappa shape index (κ2) is 5.08. The molecule has 0 radical (unpaired) electrons. The number of H-pyrrole nitrogens is 2. The van der Waals surface area contributed by atoms with Crippen molar-refractivity contribution in [3.63, 3.8) is 0 Å². The van der Waals surface area contributed by atoms with Crippen LogP contribution in [0.1, 0.15) is 24.0 Å². The minimum Gasteiger partial charge on any atom is -0.360 e. The van der Waals surface area contributed by atoms with Crippen LogP contribution in [-0.2, 0) is 0 Å². The molecule has 0 aliphatic heterocycles. The molecule has 2 aromatic heterocycles. The van der Waals surface area contributed by atoms with Crippen molar-refractivity contribution in [3.05, 3.63) is 70.0 Å². The molecular formula is C18H14Cl2N2. The van der Waals surface area contributed by atoms with E-state index in [0.29, 0.717) is 0 Å². The first kappa shape index (κ1) is 13.7. The van der Waals surface area contributed by atoms with Gasteiger partial charge in [-0.15, -0.1) is 0 Å². The molecule has 0 fully saturated rings. The molecule has 2 nitrogen and oxygen atoms in total. The monoisotopic (exact) mass is 328 g/mol. The van der Waals surface area contributed by atoms with Crippen LogP contribution in [0, 0.1) is 0 Å². The Bertz CT molecular complexity index is 901. The first-order chi connectivity index (χ1) is 10.7. The molecule has 0 bridgehead atoms. The lowest BCUT2D eigenvalue weighted by atomic mass is 9.92. The van der Waals surface area contributed by atoms with E-state index in [2.05, 4.69) is 29.0 Å².